The van der Waals surface area contributed by atoms with Gasteiger partial charge >= 0.3 is 0 Å². The van der Waals surface area contributed by atoms with Crippen molar-refractivity contribution in [3.05, 3.63) is 76.8 Å². The monoisotopic (exact) mass is 399 g/mol. The number of aromatic nitrogens is 2. The van der Waals surface area contributed by atoms with Gasteiger partial charge in [-0.05, 0) is 49.7 Å². The number of halogens is 1. The van der Waals surface area contributed by atoms with E-state index in [1.54, 1.807) is 62.8 Å². The molecule has 3 aromatic rings. The minimum atomic E-state index is -1.22. The number of aliphatic hydroxyl groups is 1. The molecule has 1 aromatic heterocycles. The molecule has 0 bridgehead atoms. The maximum atomic E-state index is 12.6. The summed E-state index contributed by atoms with van der Waals surface area (Å²) in [5, 5.41) is 14.0. The lowest BCUT2D eigenvalue weighted by Crippen LogP contribution is -2.38. The lowest BCUT2D eigenvalue weighted by molar-refractivity contribution is 0.0526. The van der Waals surface area contributed by atoms with Crippen molar-refractivity contribution >= 4 is 17.5 Å². The second kappa shape index (κ2) is 8.04. The summed E-state index contributed by atoms with van der Waals surface area (Å²) in [6, 6.07) is 12.0. The summed E-state index contributed by atoms with van der Waals surface area (Å²) >= 11 is 5.89. The average molecular weight is 400 g/mol. The number of nitrogens with zero attached hydrogens (tertiary/aromatic N) is 2. The fourth-order valence-electron chi connectivity index (χ4n) is 2.85. The molecule has 1 heterocycles. The molecule has 2 N–H and O–H groups in total. The summed E-state index contributed by atoms with van der Waals surface area (Å²) in [6.07, 6.45) is 3.57. The van der Waals surface area contributed by atoms with Gasteiger partial charge in [-0.2, -0.15) is 0 Å². The normalized spacial score (nSPS) is 13.0. The number of rotatable bonds is 6. The van der Waals surface area contributed by atoms with Crippen LogP contribution in [-0.4, -0.2) is 34.2 Å². The van der Waals surface area contributed by atoms with Crippen LogP contribution in [0.4, 0.5) is 0 Å². The fraction of sp³-hybridized carbons (Fsp3) is 0.238. The SMILES string of the molecule is COc1cc(C(=O)NCC(C)(O)c2ccc(Cl)cc2)ccc1-n1cnc(C)c1. The Bertz CT molecular complexity index is 981. The molecule has 0 fully saturated rings. The number of methoxy groups -OCH3 is 1. The predicted octanol–water partition coefficient (Wildman–Crippen LogP) is 3.48. The van der Waals surface area contributed by atoms with Crippen molar-refractivity contribution in [1.29, 1.82) is 0 Å². The Hall–Kier alpha value is -2.83. The first-order valence-electron chi connectivity index (χ1n) is 8.76. The number of ether oxygens (including phenoxy) is 1. The molecule has 1 atom stereocenters. The zero-order chi connectivity index (χ0) is 20.3. The summed E-state index contributed by atoms with van der Waals surface area (Å²) < 4.78 is 7.27. The number of imidazole rings is 1. The predicted molar refractivity (Wildman–Crippen MR) is 108 cm³/mol. The molecule has 0 spiro atoms. The van der Waals surface area contributed by atoms with Crippen LogP contribution in [0.25, 0.3) is 5.69 Å². The van der Waals surface area contributed by atoms with Crippen molar-refractivity contribution in [1.82, 2.24) is 14.9 Å². The van der Waals surface area contributed by atoms with Crippen LogP contribution in [0.1, 0.15) is 28.5 Å². The number of hydrogen-bond acceptors (Lipinski definition) is 4. The molecule has 1 unspecified atom stereocenters. The van der Waals surface area contributed by atoms with Gasteiger partial charge in [-0.3, -0.25) is 4.79 Å². The zero-order valence-corrected chi connectivity index (χ0v) is 16.7. The topological polar surface area (TPSA) is 76.4 Å². The van der Waals surface area contributed by atoms with E-state index in [0.29, 0.717) is 21.9 Å². The van der Waals surface area contributed by atoms with Gasteiger partial charge in [0, 0.05) is 16.8 Å². The van der Waals surface area contributed by atoms with Crippen LogP contribution in [0.3, 0.4) is 0 Å². The Morgan fingerprint density at radius 2 is 2.00 bits per heavy atom. The van der Waals surface area contributed by atoms with Crippen LogP contribution in [0, 0.1) is 6.92 Å². The average Bonchev–Trinajstić information content (AvgIpc) is 3.12. The molecule has 0 aliphatic heterocycles. The molecule has 0 aliphatic rings. The molecule has 0 saturated carbocycles. The van der Waals surface area contributed by atoms with Crippen molar-refractivity contribution in [2.75, 3.05) is 13.7 Å². The summed E-state index contributed by atoms with van der Waals surface area (Å²) in [5.74, 6) is 0.246. The number of aryl methyl sites for hydroxylation is 1. The van der Waals surface area contributed by atoms with E-state index >= 15 is 0 Å². The van der Waals surface area contributed by atoms with Crippen molar-refractivity contribution < 1.29 is 14.6 Å². The second-order valence-electron chi connectivity index (χ2n) is 6.77. The first-order chi connectivity index (χ1) is 13.3. The molecule has 0 aliphatic carbocycles. The van der Waals surface area contributed by atoms with Crippen LogP contribution in [-0.2, 0) is 5.60 Å². The van der Waals surface area contributed by atoms with E-state index in [1.807, 2.05) is 17.7 Å². The first kappa shape index (κ1) is 19.9. The van der Waals surface area contributed by atoms with Gasteiger partial charge in [-0.15, -0.1) is 0 Å². The third kappa shape index (κ3) is 4.35. The zero-order valence-electron chi connectivity index (χ0n) is 15.9. The number of hydrogen-bond donors (Lipinski definition) is 2. The molecule has 6 nitrogen and oxygen atoms in total. The van der Waals surface area contributed by atoms with Gasteiger partial charge in [0.2, 0.25) is 0 Å². The van der Waals surface area contributed by atoms with E-state index in [4.69, 9.17) is 16.3 Å². The van der Waals surface area contributed by atoms with Crippen LogP contribution >= 0.6 is 11.6 Å². The Morgan fingerprint density at radius 3 is 2.61 bits per heavy atom. The van der Waals surface area contributed by atoms with Gasteiger partial charge in [0.15, 0.2) is 0 Å². The van der Waals surface area contributed by atoms with Gasteiger partial charge in [0.1, 0.15) is 11.4 Å². The van der Waals surface area contributed by atoms with Gasteiger partial charge in [0.25, 0.3) is 5.91 Å². The van der Waals surface area contributed by atoms with Crippen LogP contribution in [0.5, 0.6) is 5.75 Å². The van der Waals surface area contributed by atoms with E-state index in [1.165, 1.54) is 0 Å². The number of carbonyl (C=O) groups excluding carboxylic acids is 1. The Balaban J connectivity index is 1.74. The molecule has 2 aromatic carbocycles. The molecular weight excluding hydrogens is 378 g/mol. The molecule has 28 heavy (non-hydrogen) atoms. The molecule has 3 rings (SSSR count). The summed E-state index contributed by atoms with van der Waals surface area (Å²) in [4.78, 5) is 16.8. The largest absolute Gasteiger partial charge is 0.495 e. The van der Waals surface area contributed by atoms with Crippen LogP contribution in [0.2, 0.25) is 5.02 Å². The van der Waals surface area contributed by atoms with Gasteiger partial charge in [-0.25, -0.2) is 4.98 Å². The molecular formula is C21H22ClN3O3. The number of amides is 1. The fourth-order valence-corrected chi connectivity index (χ4v) is 2.98. The van der Waals surface area contributed by atoms with Gasteiger partial charge in [0.05, 0.1) is 31.4 Å². The number of benzene rings is 2. The van der Waals surface area contributed by atoms with E-state index in [0.717, 1.165) is 11.4 Å². The number of carbonyl (C=O) groups is 1. The van der Waals surface area contributed by atoms with Crippen LogP contribution < -0.4 is 10.1 Å². The lowest BCUT2D eigenvalue weighted by Gasteiger charge is -2.24. The smallest absolute Gasteiger partial charge is 0.251 e. The molecule has 146 valence electrons. The van der Waals surface area contributed by atoms with Crippen LogP contribution in [0.15, 0.2) is 55.0 Å². The summed E-state index contributed by atoms with van der Waals surface area (Å²) in [6.45, 7) is 3.59. The third-order valence-corrected chi connectivity index (χ3v) is 4.74. The minimum absolute atomic E-state index is 0.0538. The highest BCUT2D eigenvalue weighted by atomic mass is 35.5. The maximum absolute atomic E-state index is 12.6. The van der Waals surface area contributed by atoms with Gasteiger partial charge in [-0.1, -0.05) is 23.7 Å². The maximum Gasteiger partial charge on any atom is 0.251 e. The first-order valence-corrected chi connectivity index (χ1v) is 9.13. The highest BCUT2D eigenvalue weighted by molar-refractivity contribution is 6.30. The van der Waals surface area contributed by atoms with Crippen molar-refractivity contribution in [2.24, 2.45) is 0 Å². The van der Waals surface area contributed by atoms with Crippen molar-refractivity contribution in [3.8, 4) is 11.4 Å². The van der Waals surface area contributed by atoms with E-state index in [-0.39, 0.29) is 12.5 Å². The van der Waals surface area contributed by atoms with Crippen molar-refractivity contribution in [2.45, 2.75) is 19.4 Å². The lowest BCUT2D eigenvalue weighted by atomic mass is 9.96. The molecule has 0 saturated heterocycles. The Morgan fingerprint density at radius 1 is 1.29 bits per heavy atom. The molecule has 7 heteroatoms. The standard InChI is InChI=1S/C21H22ClN3O3/c1-14-11-25(13-24-14)18-9-4-15(10-19(18)28-3)20(26)23-12-21(2,27)16-5-7-17(22)8-6-16/h4-11,13,27H,12H2,1-3H3,(H,23,26). The summed E-state index contributed by atoms with van der Waals surface area (Å²) in [5.41, 5.74) is 1.55. The van der Waals surface area contributed by atoms with Gasteiger partial charge < -0.3 is 19.7 Å². The minimum Gasteiger partial charge on any atom is -0.495 e. The van der Waals surface area contributed by atoms with E-state index < -0.39 is 5.60 Å². The summed E-state index contributed by atoms with van der Waals surface area (Å²) in [7, 11) is 1.55. The molecule has 0 radical (unpaired) electrons. The third-order valence-electron chi connectivity index (χ3n) is 4.49. The van der Waals surface area contributed by atoms with Crippen molar-refractivity contribution in [3.63, 3.8) is 0 Å². The molecule has 1 amide bonds. The second-order valence-corrected chi connectivity index (χ2v) is 7.21. The Labute approximate surface area is 168 Å². The van der Waals surface area contributed by atoms with E-state index in [2.05, 4.69) is 10.3 Å². The highest BCUT2D eigenvalue weighted by Gasteiger charge is 2.24. The Kier molecular flexibility index (Phi) is 5.72. The van der Waals surface area contributed by atoms with E-state index in [9.17, 15) is 9.90 Å². The highest BCUT2D eigenvalue weighted by Crippen LogP contribution is 2.25. The quantitative estimate of drug-likeness (QED) is 0.665. The number of nitrogens with one attached hydrogen (secondary N) is 1.